The van der Waals surface area contributed by atoms with Gasteiger partial charge in [-0.3, -0.25) is 4.90 Å². The molecule has 0 amide bonds. The van der Waals surface area contributed by atoms with Crippen LogP contribution < -0.4 is 4.90 Å². The summed E-state index contributed by atoms with van der Waals surface area (Å²) in [5, 5.41) is 0. The van der Waals surface area contributed by atoms with Gasteiger partial charge in [-0.05, 0) is 12.1 Å². The molecule has 1 aromatic heterocycles. The number of ether oxygens (including phenoxy) is 1. The third kappa shape index (κ3) is 1.90. The van der Waals surface area contributed by atoms with Gasteiger partial charge in [-0.1, -0.05) is 6.04 Å². The zero-order valence-corrected chi connectivity index (χ0v) is 9.30. The molecule has 2 aliphatic rings. The van der Waals surface area contributed by atoms with Crippen molar-refractivity contribution in [3.8, 4) is 0 Å². The number of nitrogens with zero attached hydrogens (tertiary/aromatic N) is 3. The second-order valence-corrected chi connectivity index (χ2v) is 4.33. The van der Waals surface area contributed by atoms with Crippen LogP contribution in [0.2, 0.25) is 0 Å². The zero-order chi connectivity index (χ0) is 11.7. The molecular formula is C12H17N3O. The molecule has 0 spiro atoms. The van der Waals surface area contributed by atoms with E-state index in [1.165, 1.54) is 0 Å². The number of piperazine rings is 1. The molecule has 3 heterocycles. The van der Waals surface area contributed by atoms with Crippen molar-refractivity contribution >= 4 is 5.82 Å². The van der Waals surface area contributed by atoms with Crippen molar-refractivity contribution in [2.24, 2.45) is 0 Å². The van der Waals surface area contributed by atoms with Crippen molar-refractivity contribution in [1.82, 2.24) is 9.88 Å². The fourth-order valence-corrected chi connectivity index (χ4v) is 2.24. The second kappa shape index (κ2) is 4.39. The number of rotatable bonds is 2. The number of hydrogen-bond donors (Lipinski definition) is 0. The van der Waals surface area contributed by atoms with Gasteiger partial charge in [0.25, 0.3) is 0 Å². The maximum absolute atomic E-state index is 7.61. The predicted molar refractivity (Wildman–Crippen MR) is 62.6 cm³/mol. The summed E-state index contributed by atoms with van der Waals surface area (Å²) in [6, 6.07) is 4.71. The summed E-state index contributed by atoms with van der Waals surface area (Å²) in [6.45, 7) is 5.90. The molecule has 2 aliphatic heterocycles. The van der Waals surface area contributed by atoms with E-state index >= 15 is 0 Å². The maximum Gasteiger partial charge on any atom is 0.128 e. The quantitative estimate of drug-likeness (QED) is 0.730. The molecule has 16 heavy (non-hydrogen) atoms. The van der Waals surface area contributed by atoms with E-state index < -0.39 is 0 Å². The minimum Gasteiger partial charge on any atom is -0.378 e. The Morgan fingerprint density at radius 2 is 2.12 bits per heavy atom. The first-order valence-corrected chi connectivity index (χ1v) is 5.82. The molecule has 1 aromatic rings. The molecular weight excluding hydrogens is 202 g/mol. The van der Waals surface area contributed by atoms with Crippen molar-refractivity contribution in [2.75, 3.05) is 44.3 Å². The van der Waals surface area contributed by atoms with E-state index in [0.717, 1.165) is 45.2 Å². The Balaban J connectivity index is 1.60. The van der Waals surface area contributed by atoms with Gasteiger partial charge in [0.1, 0.15) is 5.82 Å². The molecule has 86 valence electrons. The first-order valence-electron chi connectivity index (χ1n) is 6.32. The van der Waals surface area contributed by atoms with Gasteiger partial charge in [-0.15, -0.1) is 0 Å². The topological polar surface area (TPSA) is 28.6 Å². The van der Waals surface area contributed by atoms with E-state index in [1.807, 2.05) is 6.07 Å². The Kier molecular flexibility index (Phi) is 2.46. The normalized spacial score (nSPS) is 24.0. The largest absolute Gasteiger partial charge is 0.378 e. The maximum atomic E-state index is 7.61. The summed E-state index contributed by atoms with van der Waals surface area (Å²) >= 11 is 0. The highest BCUT2D eigenvalue weighted by atomic mass is 16.5. The molecule has 0 radical (unpaired) electrons. The highest BCUT2D eigenvalue weighted by Gasteiger charge is 2.28. The lowest BCUT2D eigenvalue weighted by molar-refractivity contribution is -0.0660. The second-order valence-electron chi connectivity index (χ2n) is 4.33. The Hall–Kier alpha value is -1.13. The first-order chi connectivity index (χ1) is 8.33. The molecule has 0 saturated carbocycles. The van der Waals surface area contributed by atoms with Crippen LogP contribution in [0.3, 0.4) is 0 Å². The van der Waals surface area contributed by atoms with Crippen molar-refractivity contribution in [3.63, 3.8) is 0 Å². The van der Waals surface area contributed by atoms with E-state index in [4.69, 9.17) is 6.11 Å². The molecule has 0 aromatic carbocycles. The molecule has 0 bridgehead atoms. The lowest BCUT2D eigenvalue weighted by atomic mass is 10.2. The Bertz CT molecular complexity index is 389. The highest BCUT2D eigenvalue weighted by Crippen LogP contribution is 2.16. The molecule has 0 aliphatic carbocycles. The predicted octanol–water partition coefficient (Wildman–Crippen LogP) is 0.602. The molecule has 4 nitrogen and oxygen atoms in total. The summed E-state index contributed by atoms with van der Waals surface area (Å²) < 4.78 is 12.8. The van der Waals surface area contributed by atoms with Gasteiger partial charge in [0, 0.05) is 32.4 Å². The van der Waals surface area contributed by atoms with Gasteiger partial charge in [0.15, 0.2) is 0 Å². The van der Waals surface area contributed by atoms with Crippen LogP contribution in [-0.4, -0.2) is 55.3 Å². The van der Waals surface area contributed by atoms with Crippen LogP contribution in [0.1, 0.15) is 1.37 Å². The summed E-state index contributed by atoms with van der Waals surface area (Å²) in [7, 11) is 0. The summed E-state index contributed by atoms with van der Waals surface area (Å²) in [5.41, 5.74) is 0. The van der Waals surface area contributed by atoms with E-state index in [0.29, 0.717) is 12.1 Å². The minimum atomic E-state index is 0.532. The molecule has 2 saturated heterocycles. The van der Waals surface area contributed by atoms with Gasteiger partial charge in [-0.2, -0.15) is 0 Å². The van der Waals surface area contributed by atoms with Crippen molar-refractivity contribution in [3.05, 3.63) is 24.4 Å². The molecule has 0 N–H and O–H groups in total. The van der Waals surface area contributed by atoms with Gasteiger partial charge < -0.3 is 9.64 Å². The van der Waals surface area contributed by atoms with Gasteiger partial charge in [-0.25, -0.2) is 4.98 Å². The summed E-state index contributed by atoms with van der Waals surface area (Å²) in [4.78, 5) is 9.08. The third-order valence-electron chi connectivity index (χ3n) is 3.37. The van der Waals surface area contributed by atoms with Crippen LogP contribution in [0.5, 0.6) is 0 Å². The smallest absolute Gasteiger partial charge is 0.128 e. The highest BCUT2D eigenvalue weighted by molar-refractivity contribution is 5.38. The first kappa shape index (κ1) is 8.96. The lowest BCUT2D eigenvalue weighted by Crippen LogP contribution is -2.56. The van der Waals surface area contributed by atoms with Crippen molar-refractivity contribution in [2.45, 2.75) is 6.04 Å². The standard InChI is InChI=1S/C12H17N3O/c1-2-4-13-12(3-1)15-7-5-14(6-8-15)11-9-16-10-11/h1-4,11H,5-10H2/i1D. The van der Waals surface area contributed by atoms with Gasteiger partial charge in [0.05, 0.1) is 20.6 Å². The SMILES string of the molecule is [2H]c1ccnc(N2CCN(C3COC3)CC2)c1. The van der Waals surface area contributed by atoms with E-state index in [-0.39, 0.29) is 0 Å². The fraction of sp³-hybridized carbons (Fsp3) is 0.583. The summed E-state index contributed by atoms with van der Waals surface area (Å²) in [6.07, 6.45) is 1.71. The monoisotopic (exact) mass is 220 g/mol. The molecule has 0 unspecified atom stereocenters. The Morgan fingerprint density at radius 3 is 2.75 bits per heavy atom. The molecule has 2 fully saturated rings. The van der Waals surface area contributed by atoms with Gasteiger partial charge >= 0.3 is 0 Å². The average molecular weight is 220 g/mol. The van der Waals surface area contributed by atoms with Crippen LogP contribution in [-0.2, 0) is 4.74 Å². The third-order valence-corrected chi connectivity index (χ3v) is 3.37. The van der Waals surface area contributed by atoms with E-state index in [2.05, 4.69) is 14.8 Å². The molecule has 4 heteroatoms. The van der Waals surface area contributed by atoms with Crippen molar-refractivity contribution in [1.29, 1.82) is 0 Å². The number of pyridine rings is 1. The number of aromatic nitrogens is 1. The number of hydrogen-bond acceptors (Lipinski definition) is 4. The van der Waals surface area contributed by atoms with Crippen molar-refractivity contribution < 1.29 is 6.11 Å². The minimum absolute atomic E-state index is 0.532. The Morgan fingerprint density at radius 1 is 1.31 bits per heavy atom. The van der Waals surface area contributed by atoms with Crippen LogP contribution in [0.25, 0.3) is 0 Å². The van der Waals surface area contributed by atoms with Crippen LogP contribution in [0.15, 0.2) is 24.4 Å². The lowest BCUT2D eigenvalue weighted by Gasteiger charge is -2.42. The Labute approximate surface area is 97.2 Å². The average Bonchev–Trinajstić information content (AvgIpc) is 2.28. The fourth-order valence-electron chi connectivity index (χ4n) is 2.24. The van der Waals surface area contributed by atoms with Crippen LogP contribution >= 0.6 is 0 Å². The molecule has 3 rings (SSSR count). The summed E-state index contributed by atoms with van der Waals surface area (Å²) in [5.74, 6) is 0.932. The van der Waals surface area contributed by atoms with E-state index in [1.54, 1.807) is 12.3 Å². The van der Waals surface area contributed by atoms with Crippen LogP contribution in [0.4, 0.5) is 5.82 Å². The van der Waals surface area contributed by atoms with Crippen LogP contribution in [0, 0.1) is 0 Å². The van der Waals surface area contributed by atoms with E-state index in [9.17, 15) is 0 Å². The number of anilines is 1. The van der Waals surface area contributed by atoms with Gasteiger partial charge in [0.2, 0.25) is 0 Å². The molecule has 0 atom stereocenters. The zero-order valence-electron chi connectivity index (χ0n) is 10.3.